The summed E-state index contributed by atoms with van der Waals surface area (Å²) in [6, 6.07) is 8.34. The minimum atomic E-state index is -0.715. The molecule has 0 saturated carbocycles. The molecule has 3 rings (SSSR count). The van der Waals surface area contributed by atoms with Crippen molar-refractivity contribution >= 4 is 29.1 Å². The molecule has 3 amide bonds. The molecule has 1 heterocycles. The van der Waals surface area contributed by atoms with Gasteiger partial charge in [-0.2, -0.15) is 0 Å². The second-order valence-electron chi connectivity index (χ2n) is 7.25. The summed E-state index contributed by atoms with van der Waals surface area (Å²) in [6.45, 7) is 1.75. The highest BCUT2D eigenvalue weighted by molar-refractivity contribution is 6.03. The molecule has 0 fully saturated rings. The average molecular weight is 472 g/mol. The van der Waals surface area contributed by atoms with Crippen molar-refractivity contribution in [2.24, 2.45) is 0 Å². The highest BCUT2D eigenvalue weighted by Gasteiger charge is 2.29. The fourth-order valence-electron chi connectivity index (χ4n) is 3.11. The van der Waals surface area contributed by atoms with Crippen LogP contribution >= 0.6 is 0 Å². The molecule has 1 aliphatic heterocycles. The Kier molecular flexibility index (Phi) is 7.85. The molecule has 34 heavy (non-hydrogen) atoms. The normalized spacial score (nSPS) is 12.3. The zero-order valence-corrected chi connectivity index (χ0v) is 18.7. The second kappa shape index (κ2) is 11.0. The first-order valence-electron chi connectivity index (χ1n) is 10.5. The average Bonchev–Trinajstić information content (AvgIpc) is 2.84. The Labute approximate surface area is 194 Å². The lowest BCUT2D eigenvalue weighted by Crippen LogP contribution is -2.49. The van der Waals surface area contributed by atoms with Gasteiger partial charge in [0.2, 0.25) is 0 Å². The molecule has 180 valence electrons. The van der Waals surface area contributed by atoms with Crippen molar-refractivity contribution in [3.05, 3.63) is 52.1 Å². The van der Waals surface area contributed by atoms with E-state index in [1.807, 2.05) is 6.92 Å². The Balaban J connectivity index is 1.63. The maximum Gasteiger partial charge on any atom is 0.271 e. The number of hydrogen-bond acceptors (Lipinski definition) is 8. The van der Waals surface area contributed by atoms with Gasteiger partial charge in [-0.3, -0.25) is 40.2 Å². The quantitative estimate of drug-likeness (QED) is 0.320. The first-order valence-corrected chi connectivity index (χ1v) is 10.5. The van der Waals surface area contributed by atoms with E-state index in [9.17, 15) is 24.5 Å². The molecular weight excluding hydrogens is 448 g/mol. The van der Waals surface area contributed by atoms with Crippen molar-refractivity contribution in [3.8, 4) is 17.2 Å². The molecule has 12 nitrogen and oxygen atoms in total. The summed E-state index contributed by atoms with van der Waals surface area (Å²) < 4.78 is 16.2. The molecule has 2 aromatic rings. The van der Waals surface area contributed by atoms with E-state index >= 15 is 0 Å². The maximum atomic E-state index is 12.5. The number of hydrazine groups is 1. The highest BCUT2D eigenvalue weighted by Crippen LogP contribution is 2.35. The van der Waals surface area contributed by atoms with Gasteiger partial charge in [0.1, 0.15) is 12.3 Å². The van der Waals surface area contributed by atoms with Gasteiger partial charge in [0.15, 0.2) is 18.1 Å². The Morgan fingerprint density at radius 2 is 1.97 bits per heavy atom. The first-order chi connectivity index (χ1) is 16.3. The third kappa shape index (κ3) is 5.71. The van der Waals surface area contributed by atoms with Crippen molar-refractivity contribution in [3.63, 3.8) is 0 Å². The number of amides is 3. The number of non-ortho nitro benzene ring substituents is 1. The van der Waals surface area contributed by atoms with Crippen molar-refractivity contribution in [2.45, 2.75) is 19.8 Å². The number of nitro groups is 1. The lowest BCUT2D eigenvalue weighted by molar-refractivity contribution is -0.384. The standard InChI is InChI=1S/C22H24N4O8/c1-3-4-9-33-18-7-5-14(10-19(18)32-2)22(29)24-23-20(27)12-25-16-11-15(26(30)31)6-8-17(16)34-13-21(25)28/h5-8,10-11H,3-4,9,12-13H2,1-2H3,(H,23,27)(H,24,29). The van der Waals surface area contributed by atoms with E-state index in [1.54, 1.807) is 6.07 Å². The van der Waals surface area contributed by atoms with Crippen LogP contribution < -0.4 is 30.0 Å². The van der Waals surface area contributed by atoms with Crippen molar-refractivity contribution in [2.75, 3.05) is 31.8 Å². The van der Waals surface area contributed by atoms with E-state index in [-0.39, 0.29) is 29.3 Å². The number of fused-ring (bicyclic) bond motifs is 1. The number of ether oxygens (including phenoxy) is 3. The number of anilines is 1. The number of hydrogen-bond donors (Lipinski definition) is 2. The SMILES string of the molecule is CCCCOc1ccc(C(=O)NNC(=O)CN2C(=O)COc3ccc([N+](=O)[O-])cc32)cc1OC. The topological polar surface area (TPSA) is 149 Å². The van der Waals surface area contributed by atoms with E-state index in [2.05, 4.69) is 10.9 Å². The zero-order valence-electron chi connectivity index (χ0n) is 18.7. The molecule has 0 spiro atoms. The third-order valence-electron chi connectivity index (χ3n) is 4.89. The van der Waals surface area contributed by atoms with Crippen LogP contribution in [-0.4, -0.2) is 49.5 Å². The molecule has 0 aromatic heterocycles. The molecule has 2 aromatic carbocycles. The minimum Gasteiger partial charge on any atom is -0.493 e. The zero-order chi connectivity index (χ0) is 24.7. The molecule has 0 radical (unpaired) electrons. The summed E-state index contributed by atoms with van der Waals surface area (Å²) in [4.78, 5) is 48.6. The van der Waals surface area contributed by atoms with Gasteiger partial charge >= 0.3 is 0 Å². The summed E-state index contributed by atoms with van der Waals surface area (Å²) in [5.41, 5.74) is 4.55. The van der Waals surface area contributed by atoms with Crippen LogP contribution in [0.2, 0.25) is 0 Å². The van der Waals surface area contributed by atoms with Crippen molar-refractivity contribution in [1.82, 2.24) is 10.9 Å². The molecule has 1 aliphatic rings. The molecule has 0 bridgehead atoms. The van der Waals surface area contributed by atoms with Crippen LogP contribution in [0, 0.1) is 10.1 Å². The summed E-state index contributed by atoms with van der Waals surface area (Å²) in [5.74, 6) is -0.792. The number of nitrogens with one attached hydrogen (secondary N) is 2. The molecular formula is C22H24N4O8. The van der Waals surface area contributed by atoms with Crippen LogP contribution in [-0.2, 0) is 9.59 Å². The van der Waals surface area contributed by atoms with Crippen molar-refractivity contribution < 1.29 is 33.5 Å². The van der Waals surface area contributed by atoms with Gasteiger partial charge in [0.05, 0.1) is 24.3 Å². The van der Waals surface area contributed by atoms with E-state index < -0.39 is 29.2 Å². The summed E-state index contributed by atoms with van der Waals surface area (Å²) in [6.07, 6.45) is 1.85. The fourth-order valence-corrected chi connectivity index (χ4v) is 3.11. The highest BCUT2D eigenvalue weighted by atomic mass is 16.6. The molecule has 0 saturated heterocycles. The number of carbonyl (C=O) groups is 3. The second-order valence-corrected chi connectivity index (χ2v) is 7.25. The predicted molar refractivity (Wildman–Crippen MR) is 120 cm³/mol. The van der Waals surface area contributed by atoms with Gasteiger partial charge in [0.25, 0.3) is 23.4 Å². The van der Waals surface area contributed by atoms with E-state index in [1.165, 1.54) is 31.4 Å². The monoisotopic (exact) mass is 472 g/mol. The Bertz CT molecular complexity index is 1100. The van der Waals surface area contributed by atoms with Gasteiger partial charge in [-0.1, -0.05) is 13.3 Å². The summed E-state index contributed by atoms with van der Waals surface area (Å²) in [7, 11) is 1.45. The van der Waals surface area contributed by atoms with Crippen LogP contribution in [0.25, 0.3) is 0 Å². The number of rotatable bonds is 9. The minimum absolute atomic E-state index is 0.0929. The smallest absolute Gasteiger partial charge is 0.271 e. The van der Waals surface area contributed by atoms with E-state index in [0.717, 1.165) is 23.8 Å². The number of nitrogens with zero attached hydrogens (tertiary/aromatic N) is 2. The lowest BCUT2D eigenvalue weighted by atomic mass is 10.2. The van der Waals surface area contributed by atoms with Gasteiger partial charge < -0.3 is 14.2 Å². The number of methoxy groups -OCH3 is 1. The number of benzene rings is 2. The maximum absolute atomic E-state index is 12.5. The summed E-state index contributed by atoms with van der Waals surface area (Å²) >= 11 is 0. The molecule has 12 heteroatoms. The Morgan fingerprint density at radius 3 is 2.68 bits per heavy atom. The molecule has 2 N–H and O–H groups in total. The molecule has 0 atom stereocenters. The van der Waals surface area contributed by atoms with E-state index in [0.29, 0.717) is 18.1 Å². The van der Waals surface area contributed by atoms with Gasteiger partial charge in [-0.25, -0.2) is 0 Å². The lowest BCUT2D eigenvalue weighted by Gasteiger charge is -2.28. The fraction of sp³-hybridized carbons (Fsp3) is 0.318. The number of carbonyl (C=O) groups excluding carboxylic acids is 3. The van der Waals surface area contributed by atoms with Crippen molar-refractivity contribution in [1.29, 1.82) is 0 Å². The van der Waals surface area contributed by atoms with E-state index in [4.69, 9.17) is 14.2 Å². The van der Waals surface area contributed by atoms with Gasteiger partial charge in [-0.15, -0.1) is 0 Å². The first kappa shape index (κ1) is 24.3. The van der Waals surface area contributed by atoms with Crippen LogP contribution in [0.3, 0.4) is 0 Å². The third-order valence-corrected chi connectivity index (χ3v) is 4.89. The van der Waals surface area contributed by atoms with Gasteiger partial charge in [0, 0.05) is 17.7 Å². The largest absolute Gasteiger partial charge is 0.493 e. The number of unbranched alkanes of at least 4 members (excludes halogenated alkanes) is 1. The van der Waals surface area contributed by atoms with Crippen LogP contribution in [0.15, 0.2) is 36.4 Å². The molecule has 0 unspecified atom stereocenters. The van der Waals surface area contributed by atoms with Crippen LogP contribution in [0.1, 0.15) is 30.1 Å². The Hall–Kier alpha value is -4.35. The van der Waals surface area contributed by atoms with Gasteiger partial charge in [-0.05, 0) is 30.7 Å². The van der Waals surface area contributed by atoms with Crippen LogP contribution in [0.5, 0.6) is 17.2 Å². The predicted octanol–water partition coefficient (Wildman–Crippen LogP) is 1.97. The molecule has 0 aliphatic carbocycles. The number of nitro benzene ring substituents is 1. The summed E-state index contributed by atoms with van der Waals surface area (Å²) in [5, 5.41) is 11.1. The Morgan fingerprint density at radius 1 is 1.18 bits per heavy atom. The van der Waals surface area contributed by atoms with Crippen LogP contribution in [0.4, 0.5) is 11.4 Å².